The molecule has 0 saturated carbocycles. The second kappa shape index (κ2) is 6.80. The average Bonchev–Trinajstić information content (AvgIpc) is 2.57. The Kier molecular flexibility index (Phi) is 4.56. The summed E-state index contributed by atoms with van der Waals surface area (Å²) in [5.41, 5.74) is 1.82. The van der Waals surface area contributed by atoms with E-state index in [1.165, 1.54) is 18.2 Å². The molecule has 2 aromatic carbocycles. The van der Waals surface area contributed by atoms with Crippen molar-refractivity contribution in [1.29, 1.82) is 0 Å². The van der Waals surface area contributed by atoms with Crippen LogP contribution in [0.2, 0.25) is 0 Å². The lowest BCUT2D eigenvalue weighted by atomic mass is 9.97. The Bertz CT molecular complexity index is 838. The molecule has 1 atom stereocenters. The van der Waals surface area contributed by atoms with Gasteiger partial charge in [-0.15, -0.1) is 0 Å². The largest absolute Gasteiger partial charge is 0.492 e. The van der Waals surface area contributed by atoms with Crippen molar-refractivity contribution in [3.63, 3.8) is 0 Å². The molecule has 6 nitrogen and oxygen atoms in total. The first-order valence-corrected chi connectivity index (χ1v) is 7.78. The number of carboxylic acid groups (broad SMARTS) is 1. The first-order chi connectivity index (χ1) is 12.0. The van der Waals surface area contributed by atoms with Crippen molar-refractivity contribution in [1.82, 2.24) is 5.32 Å². The molecule has 130 valence electrons. The molecule has 7 heteroatoms. The molecule has 25 heavy (non-hydrogen) atoms. The Hall–Kier alpha value is -3.09. The van der Waals surface area contributed by atoms with Gasteiger partial charge in [0.05, 0.1) is 18.2 Å². The van der Waals surface area contributed by atoms with Gasteiger partial charge in [-0.3, -0.25) is 4.79 Å². The van der Waals surface area contributed by atoms with Gasteiger partial charge in [-0.05, 0) is 36.8 Å². The van der Waals surface area contributed by atoms with Crippen molar-refractivity contribution in [2.75, 3.05) is 11.9 Å². The summed E-state index contributed by atoms with van der Waals surface area (Å²) in [5, 5.41) is 14.1. The summed E-state index contributed by atoms with van der Waals surface area (Å²) < 4.78 is 19.0. The second-order valence-corrected chi connectivity index (χ2v) is 5.78. The number of carbonyl (C=O) groups is 2. The normalized spacial score (nSPS) is 15.7. The van der Waals surface area contributed by atoms with Gasteiger partial charge in [-0.2, -0.15) is 0 Å². The predicted molar refractivity (Wildman–Crippen MR) is 89.5 cm³/mol. The fraction of sp³-hybridized carbons (Fsp3) is 0.222. The van der Waals surface area contributed by atoms with Crippen LogP contribution in [0.15, 0.2) is 36.4 Å². The number of benzene rings is 2. The Morgan fingerprint density at radius 1 is 1.28 bits per heavy atom. The van der Waals surface area contributed by atoms with Crippen LogP contribution in [0.5, 0.6) is 5.75 Å². The molecule has 0 fully saturated rings. The fourth-order valence-corrected chi connectivity index (χ4v) is 2.82. The van der Waals surface area contributed by atoms with Crippen molar-refractivity contribution in [2.24, 2.45) is 0 Å². The summed E-state index contributed by atoms with van der Waals surface area (Å²) >= 11 is 0. The van der Waals surface area contributed by atoms with Crippen LogP contribution in [0.3, 0.4) is 0 Å². The third kappa shape index (κ3) is 3.55. The molecule has 1 heterocycles. The highest BCUT2D eigenvalue weighted by Crippen LogP contribution is 2.35. The number of hydrogen-bond donors (Lipinski definition) is 3. The number of carbonyl (C=O) groups excluding carboxylic acids is 1. The van der Waals surface area contributed by atoms with Crippen LogP contribution in [-0.2, 0) is 0 Å². The van der Waals surface area contributed by atoms with Gasteiger partial charge < -0.3 is 20.5 Å². The number of hydrogen-bond acceptors (Lipinski definition) is 3. The highest BCUT2D eigenvalue weighted by Gasteiger charge is 2.27. The molecule has 2 aromatic rings. The quantitative estimate of drug-likeness (QED) is 0.795. The number of ether oxygens (including phenoxy) is 1. The van der Waals surface area contributed by atoms with Crippen molar-refractivity contribution < 1.29 is 23.8 Å². The van der Waals surface area contributed by atoms with Crippen molar-refractivity contribution in [3.05, 3.63) is 58.9 Å². The van der Waals surface area contributed by atoms with E-state index in [0.29, 0.717) is 41.2 Å². The highest BCUT2D eigenvalue weighted by molar-refractivity contribution is 6.06. The molecule has 3 N–H and O–H groups in total. The van der Waals surface area contributed by atoms with Crippen LogP contribution in [0.1, 0.15) is 33.9 Å². The molecule has 0 aromatic heterocycles. The Morgan fingerprint density at radius 2 is 2.08 bits per heavy atom. The van der Waals surface area contributed by atoms with Gasteiger partial charge in [0.25, 0.3) is 5.91 Å². The maximum atomic E-state index is 13.3. The molecule has 0 saturated heterocycles. The topological polar surface area (TPSA) is 87.7 Å². The van der Waals surface area contributed by atoms with Gasteiger partial charge in [-0.25, -0.2) is 9.18 Å². The van der Waals surface area contributed by atoms with Crippen LogP contribution >= 0.6 is 0 Å². The number of aryl methyl sites for hydroxylation is 1. The lowest BCUT2D eigenvalue weighted by Gasteiger charge is -2.27. The average molecular weight is 344 g/mol. The van der Waals surface area contributed by atoms with Crippen LogP contribution in [0, 0.1) is 12.7 Å². The lowest BCUT2D eigenvalue weighted by molar-refractivity contribution is 0.102. The summed E-state index contributed by atoms with van der Waals surface area (Å²) in [4.78, 5) is 23.5. The summed E-state index contributed by atoms with van der Waals surface area (Å²) in [6, 6.07) is 8.89. The zero-order valence-corrected chi connectivity index (χ0v) is 13.5. The van der Waals surface area contributed by atoms with E-state index in [0.717, 1.165) is 0 Å². The molecule has 3 rings (SSSR count). The number of fused-ring (bicyclic) bond motifs is 1. The van der Waals surface area contributed by atoms with Crippen molar-refractivity contribution >= 4 is 17.7 Å². The fourth-order valence-electron chi connectivity index (χ4n) is 2.82. The van der Waals surface area contributed by atoms with Gasteiger partial charge in [-0.1, -0.05) is 12.1 Å². The SMILES string of the molecule is Cc1cc(NC(=O)c2cccc3c2OCC[C@@H]3NC(=O)O)ccc1F. The third-order valence-electron chi connectivity index (χ3n) is 4.03. The van der Waals surface area contributed by atoms with Crippen LogP contribution in [0.25, 0.3) is 0 Å². The molecule has 0 aliphatic carbocycles. The Balaban J connectivity index is 1.88. The molecule has 2 amide bonds. The van der Waals surface area contributed by atoms with E-state index in [1.807, 2.05) is 0 Å². The highest BCUT2D eigenvalue weighted by atomic mass is 19.1. The number of para-hydroxylation sites is 1. The minimum Gasteiger partial charge on any atom is -0.492 e. The molecular formula is C18H17FN2O4. The smallest absolute Gasteiger partial charge is 0.405 e. The summed E-state index contributed by atoms with van der Waals surface area (Å²) in [6.45, 7) is 1.92. The molecule has 0 spiro atoms. The number of rotatable bonds is 3. The molecular weight excluding hydrogens is 327 g/mol. The van der Waals surface area contributed by atoms with E-state index in [-0.39, 0.29) is 5.82 Å². The zero-order valence-electron chi connectivity index (χ0n) is 13.5. The number of nitrogens with one attached hydrogen (secondary N) is 2. The van der Waals surface area contributed by atoms with E-state index < -0.39 is 18.0 Å². The van der Waals surface area contributed by atoms with Crippen molar-refractivity contribution in [3.8, 4) is 5.75 Å². The minimum absolute atomic E-state index is 0.302. The van der Waals surface area contributed by atoms with Crippen LogP contribution in [-0.4, -0.2) is 23.7 Å². The number of halogens is 1. The summed E-state index contributed by atoms with van der Waals surface area (Å²) in [7, 11) is 0. The molecule has 1 aliphatic rings. The van der Waals surface area contributed by atoms with Gasteiger partial charge in [0.2, 0.25) is 0 Å². The van der Waals surface area contributed by atoms with Gasteiger partial charge in [0.1, 0.15) is 11.6 Å². The van der Waals surface area contributed by atoms with E-state index in [9.17, 15) is 14.0 Å². The van der Waals surface area contributed by atoms with Crippen molar-refractivity contribution in [2.45, 2.75) is 19.4 Å². The second-order valence-electron chi connectivity index (χ2n) is 5.78. The van der Waals surface area contributed by atoms with Crippen LogP contribution in [0.4, 0.5) is 14.9 Å². The van der Waals surface area contributed by atoms with Crippen LogP contribution < -0.4 is 15.4 Å². The van der Waals surface area contributed by atoms with E-state index in [1.54, 1.807) is 25.1 Å². The first-order valence-electron chi connectivity index (χ1n) is 7.78. The Labute approximate surface area is 143 Å². The van der Waals surface area contributed by atoms with E-state index in [2.05, 4.69) is 10.6 Å². The summed E-state index contributed by atoms with van der Waals surface area (Å²) in [5.74, 6) is -0.385. The number of amides is 2. The molecule has 0 unspecified atom stereocenters. The molecule has 0 bridgehead atoms. The third-order valence-corrected chi connectivity index (χ3v) is 4.03. The minimum atomic E-state index is -1.13. The molecule has 0 radical (unpaired) electrons. The summed E-state index contributed by atoms with van der Waals surface area (Å²) in [6.07, 6.45) is -0.642. The predicted octanol–water partition coefficient (Wildman–Crippen LogP) is 3.48. The first kappa shape index (κ1) is 16.8. The lowest BCUT2D eigenvalue weighted by Crippen LogP contribution is -2.31. The Morgan fingerprint density at radius 3 is 2.80 bits per heavy atom. The number of anilines is 1. The van der Waals surface area contributed by atoms with E-state index in [4.69, 9.17) is 9.84 Å². The monoisotopic (exact) mass is 344 g/mol. The van der Waals surface area contributed by atoms with Gasteiger partial charge in [0, 0.05) is 17.7 Å². The molecule has 1 aliphatic heterocycles. The van der Waals surface area contributed by atoms with Gasteiger partial charge in [0.15, 0.2) is 0 Å². The zero-order chi connectivity index (χ0) is 18.0. The maximum absolute atomic E-state index is 13.3. The van der Waals surface area contributed by atoms with Gasteiger partial charge >= 0.3 is 6.09 Å². The standard InChI is InChI=1S/C18H17FN2O4/c1-10-9-11(5-6-14(10)19)20-17(22)13-4-2-3-12-15(21-18(23)24)7-8-25-16(12)13/h2-6,9,15,21H,7-8H2,1H3,(H,20,22)(H,23,24)/t15-/m0/s1. The maximum Gasteiger partial charge on any atom is 0.405 e. The van der Waals surface area contributed by atoms with E-state index >= 15 is 0 Å².